The van der Waals surface area contributed by atoms with Gasteiger partial charge in [0.2, 0.25) is 0 Å². The van der Waals surface area contributed by atoms with Crippen LogP contribution in [-0.2, 0) is 11.3 Å². The maximum atomic E-state index is 6.35. The number of hydrogen-bond acceptors (Lipinski definition) is 4. The monoisotopic (exact) mass is 511 g/mol. The van der Waals surface area contributed by atoms with Crippen LogP contribution in [0.3, 0.4) is 0 Å². The fourth-order valence-electron chi connectivity index (χ4n) is 3.14. The van der Waals surface area contributed by atoms with Crippen molar-refractivity contribution in [3.63, 3.8) is 0 Å². The van der Waals surface area contributed by atoms with Crippen LogP contribution in [-0.4, -0.2) is 57.4 Å². The molecule has 0 unspecified atom stereocenters. The number of guanidine groups is 1. The lowest BCUT2D eigenvalue weighted by atomic mass is 10.1. The molecule has 0 atom stereocenters. The van der Waals surface area contributed by atoms with E-state index in [9.17, 15) is 0 Å². The number of aliphatic imine (C=N–C) groups is 1. The molecule has 8 heteroatoms. The maximum Gasteiger partial charge on any atom is 0.193 e. The van der Waals surface area contributed by atoms with Crippen molar-refractivity contribution >= 4 is 41.5 Å². The second-order valence-electron chi connectivity index (χ2n) is 6.08. The largest absolute Gasteiger partial charge is 0.493 e. The predicted molar refractivity (Wildman–Crippen MR) is 121 cm³/mol. The van der Waals surface area contributed by atoms with Crippen molar-refractivity contribution in [1.82, 2.24) is 10.2 Å². The van der Waals surface area contributed by atoms with Gasteiger partial charge in [0, 0.05) is 33.3 Å². The molecule has 1 fully saturated rings. The molecule has 1 saturated heterocycles. The standard InChI is InChI=1S/C19H30ClN3O3.HI/c1-5-25-15-7-9-23(10-8-15)19(21-3)22-13-14-11-16(20)18(26-6-2)17(12-14)24-4;/h11-12,15H,5-10,13H2,1-4H3,(H,21,22);1H. The number of hydrogen-bond donors (Lipinski definition) is 1. The third-order valence-corrected chi connectivity index (χ3v) is 4.66. The zero-order chi connectivity index (χ0) is 18.9. The van der Waals surface area contributed by atoms with Crippen molar-refractivity contribution in [2.45, 2.75) is 39.3 Å². The lowest BCUT2D eigenvalue weighted by molar-refractivity contribution is 0.0263. The molecule has 1 aromatic carbocycles. The summed E-state index contributed by atoms with van der Waals surface area (Å²) >= 11 is 6.35. The molecule has 6 nitrogen and oxygen atoms in total. The van der Waals surface area contributed by atoms with Crippen LogP contribution in [0.2, 0.25) is 5.02 Å². The van der Waals surface area contributed by atoms with Crippen LogP contribution in [0.5, 0.6) is 11.5 Å². The van der Waals surface area contributed by atoms with Gasteiger partial charge in [-0.15, -0.1) is 24.0 Å². The average Bonchev–Trinajstić information content (AvgIpc) is 2.65. The van der Waals surface area contributed by atoms with E-state index in [-0.39, 0.29) is 24.0 Å². The minimum atomic E-state index is 0. The summed E-state index contributed by atoms with van der Waals surface area (Å²) < 4.78 is 16.7. The van der Waals surface area contributed by atoms with Gasteiger partial charge in [-0.2, -0.15) is 0 Å². The number of piperidine rings is 1. The highest BCUT2D eigenvalue weighted by molar-refractivity contribution is 14.0. The summed E-state index contributed by atoms with van der Waals surface area (Å²) in [5, 5.41) is 3.96. The van der Waals surface area contributed by atoms with E-state index < -0.39 is 0 Å². The van der Waals surface area contributed by atoms with Crippen LogP contribution < -0.4 is 14.8 Å². The Morgan fingerprint density at radius 2 is 1.96 bits per heavy atom. The van der Waals surface area contributed by atoms with E-state index in [0.29, 0.717) is 35.8 Å². The second-order valence-corrected chi connectivity index (χ2v) is 6.49. The van der Waals surface area contributed by atoms with Crippen LogP contribution in [0.1, 0.15) is 32.3 Å². The molecule has 0 aromatic heterocycles. The van der Waals surface area contributed by atoms with Gasteiger partial charge in [0.25, 0.3) is 0 Å². The highest BCUT2D eigenvalue weighted by Gasteiger charge is 2.21. The molecule has 0 amide bonds. The van der Waals surface area contributed by atoms with Gasteiger partial charge >= 0.3 is 0 Å². The topological polar surface area (TPSA) is 55.3 Å². The van der Waals surface area contributed by atoms with E-state index in [4.69, 9.17) is 25.8 Å². The molecule has 1 heterocycles. The van der Waals surface area contributed by atoms with E-state index in [1.807, 2.05) is 33.0 Å². The zero-order valence-corrected chi connectivity index (χ0v) is 19.7. The highest BCUT2D eigenvalue weighted by Crippen LogP contribution is 2.36. The average molecular weight is 512 g/mol. The number of halogens is 2. The first kappa shape index (κ1) is 24.1. The van der Waals surface area contributed by atoms with E-state index >= 15 is 0 Å². The Balaban J connectivity index is 0.00000364. The smallest absolute Gasteiger partial charge is 0.193 e. The van der Waals surface area contributed by atoms with Crippen LogP contribution in [0.15, 0.2) is 17.1 Å². The van der Waals surface area contributed by atoms with E-state index in [2.05, 4.69) is 15.2 Å². The lowest BCUT2D eigenvalue weighted by Crippen LogP contribution is -2.46. The minimum Gasteiger partial charge on any atom is -0.493 e. The number of benzene rings is 1. The molecule has 27 heavy (non-hydrogen) atoms. The van der Waals surface area contributed by atoms with Gasteiger partial charge in [0.05, 0.1) is 24.8 Å². The van der Waals surface area contributed by atoms with Crippen molar-refractivity contribution < 1.29 is 14.2 Å². The van der Waals surface area contributed by atoms with Crippen LogP contribution in [0.25, 0.3) is 0 Å². The molecular formula is C19H31ClIN3O3. The first-order valence-electron chi connectivity index (χ1n) is 9.19. The summed E-state index contributed by atoms with van der Waals surface area (Å²) in [6, 6.07) is 3.84. The normalized spacial score (nSPS) is 15.3. The predicted octanol–water partition coefficient (Wildman–Crippen LogP) is 3.94. The Hall–Kier alpha value is -0.930. The molecular weight excluding hydrogens is 481 g/mol. The first-order chi connectivity index (χ1) is 12.6. The maximum absolute atomic E-state index is 6.35. The molecule has 0 radical (unpaired) electrons. The first-order valence-corrected chi connectivity index (χ1v) is 9.57. The van der Waals surface area contributed by atoms with Gasteiger partial charge < -0.3 is 24.4 Å². The lowest BCUT2D eigenvalue weighted by Gasteiger charge is -2.34. The number of likely N-dealkylation sites (tertiary alicyclic amines) is 1. The molecule has 0 aliphatic carbocycles. The van der Waals surface area contributed by atoms with Gasteiger partial charge in [-0.25, -0.2) is 0 Å². The molecule has 1 N–H and O–H groups in total. The van der Waals surface area contributed by atoms with E-state index in [1.54, 1.807) is 7.11 Å². The molecule has 0 saturated carbocycles. The Morgan fingerprint density at radius 3 is 2.52 bits per heavy atom. The molecule has 0 bridgehead atoms. The van der Waals surface area contributed by atoms with E-state index in [0.717, 1.165) is 44.1 Å². The van der Waals surface area contributed by atoms with Crippen LogP contribution >= 0.6 is 35.6 Å². The second kappa shape index (κ2) is 12.5. The third kappa shape index (κ3) is 6.87. The number of ether oxygens (including phenoxy) is 3. The van der Waals surface area contributed by atoms with Crippen molar-refractivity contribution in [3.05, 3.63) is 22.7 Å². The molecule has 1 aliphatic rings. The number of rotatable bonds is 7. The molecule has 1 aromatic rings. The van der Waals surface area contributed by atoms with Gasteiger partial charge in [-0.1, -0.05) is 11.6 Å². The van der Waals surface area contributed by atoms with Crippen molar-refractivity contribution in [3.8, 4) is 11.5 Å². The summed E-state index contributed by atoms with van der Waals surface area (Å²) in [6.45, 7) is 7.78. The highest BCUT2D eigenvalue weighted by atomic mass is 127. The molecule has 0 spiro atoms. The molecule has 2 rings (SSSR count). The summed E-state index contributed by atoms with van der Waals surface area (Å²) in [7, 11) is 3.43. The Bertz CT molecular complexity index is 608. The molecule has 1 aliphatic heterocycles. The Kier molecular flexibility index (Phi) is 11.2. The quantitative estimate of drug-likeness (QED) is 0.341. The van der Waals surface area contributed by atoms with E-state index in [1.165, 1.54) is 0 Å². The Morgan fingerprint density at radius 1 is 1.26 bits per heavy atom. The summed E-state index contributed by atoms with van der Waals surface area (Å²) in [5.74, 6) is 2.12. The van der Waals surface area contributed by atoms with Gasteiger partial charge in [0.1, 0.15) is 0 Å². The van der Waals surface area contributed by atoms with Gasteiger partial charge in [-0.3, -0.25) is 4.99 Å². The summed E-state index contributed by atoms with van der Waals surface area (Å²) in [4.78, 5) is 6.68. The van der Waals surface area contributed by atoms with Crippen molar-refractivity contribution in [2.24, 2.45) is 4.99 Å². The number of nitrogens with zero attached hydrogens (tertiary/aromatic N) is 2. The molecule has 154 valence electrons. The van der Waals surface area contributed by atoms with Crippen molar-refractivity contribution in [2.75, 3.05) is 40.5 Å². The van der Waals surface area contributed by atoms with Crippen LogP contribution in [0.4, 0.5) is 0 Å². The fraction of sp³-hybridized carbons (Fsp3) is 0.632. The Labute approximate surface area is 184 Å². The summed E-state index contributed by atoms with van der Waals surface area (Å²) in [5.41, 5.74) is 1.01. The fourth-order valence-corrected chi connectivity index (χ4v) is 3.43. The van der Waals surface area contributed by atoms with Gasteiger partial charge in [-0.05, 0) is 44.4 Å². The van der Waals surface area contributed by atoms with Gasteiger partial charge in [0.15, 0.2) is 17.5 Å². The third-order valence-electron chi connectivity index (χ3n) is 4.38. The minimum absolute atomic E-state index is 0. The number of nitrogens with one attached hydrogen (secondary N) is 1. The summed E-state index contributed by atoms with van der Waals surface area (Å²) in [6.07, 6.45) is 2.41. The van der Waals surface area contributed by atoms with Crippen LogP contribution in [0, 0.1) is 0 Å². The van der Waals surface area contributed by atoms with Crippen molar-refractivity contribution in [1.29, 1.82) is 0 Å². The zero-order valence-electron chi connectivity index (χ0n) is 16.6. The SMILES string of the molecule is CCOc1c(Cl)cc(CNC(=NC)N2CCC(OCC)CC2)cc1OC.I. The number of methoxy groups -OCH3 is 1.